The van der Waals surface area contributed by atoms with Gasteiger partial charge in [-0.3, -0.25) is 10.1 Å². The molecule has 1 saturated heterocycles. The Morgan fingerprint density at radius 2 is 2.09 bits per heavy atom. The molecule has 0 aliphatic carbocycles. The predicted octanol–water partition coefficient (Wildman–Crippen LogP) is 2.59. The first-order valence-electron chi connectivity index (χ1n) is 7.67. The fourth-order valence-corrected chi connectivity index (χ4v) is 3.83. The van der Waals surface area contributed by atoms with Gasteiger partial charge in [-0.15, -0.1) is 11.3 Å². The Kier molecular flexibility index (Phi) is 3.88. The van der Waals surface area contributed by atoms with Gasteiger partial charge in [0.2, 0.25) is 6.79 Å². The highest BCUT2D eigenvalue weighted by Crippen LogP contribution is 2.34. The Labute approximate surface area is 137 Å². The van der Waals surface area contributed by atoms with Crippen molar-refractivity contribution in [3.8, 4) is 11.5 Å². The summed E-state index contributed by atoms with van der Waals surface area (Å²) in [6, 6.07) is 5.17. The first kappa shape index (κ1) is 14.5. The zero-order valence-corrected chi connectivity index (χ0v) is 13.3. The van der Waals surface area contributed by atoms with Crippen LogP contribution in [0.15, 0.2) is 24.4 Å². The lowest BCUT2D eigenvalue weighted by Crippen LogP contribution is -2.26. The fraction of sp³-hybridized carbons (Fsp3) is 0.375. The topological polar surface area (TPSA) is 72.5 Å². The van der Waals surface area contributed by atoms with Crippen LogP contribution in [0.2, 0.25) is 0 Å². The summed E-state index contributed by atoms with van der Waals surface area (Å²) in [5, 5.41) is 6.86. The molecule has 2 N–H and O–H groups in total. The molecule has 2 aliphatic rings. The van der Waals surface area contributed by atoms with Crippen LogP contribution in [-0.2, 0) is 0 Å². The number of hydrogen-bond donors (Lipinski definition) is 2. The second kappa shape index (κ2) is 6.17. The molecule has 4 rings (SSSR count). The number of carbonyl (C=O) groups is 1. The molecule has 1 aromatic carbocycles. The van der Waals surface area contributed by atoms with Crippen LogP contribution < -0.4 is 20.1 Å². The van der Waals surface area contributed by atoms with E-state index in [-0.39, 0.29) is 12.7 Å². The van der Waals surface area contributed by atoms with E-state index in [4.69, 9.17) is 9.47 Å². The van der Waals surface area contributed by atoms with E-state index in [1.54, 1.807) is 29.5 Å². The molecule has 2 aromatic rings. The highest BCUT2D eigenvalue weighted by atomic mass is 32.1. The highest BCUT2D eigenvalue weighted by molar-refractivity contribution is 7.15. The molecule has 120 valence electrons. The molecule has 1 amide bonds. The Morgan fingerprint density at radius 3 is 2.96 bits per heavy atom. The normalized spacial score (nSPS) is 17.2. The second-order valence-electron chi connectivity index (χ2n) is 5.61. The van der Waals surface area contributed by atoms with Gasteiger partial charge in [-0.05, 0) is 50.0 Å². The van der Waals surface area contributed by atoms with Crippen molar-refractivity contribution in [3.63, 3.8) is 0 Å². The van der Waals surface area contributed by atoms with Gasteiger partial charge in [0, 0.05) is 16.6 Å². The summed E-state index contributed by atoms with van der Waals surface area (Å²) in [4.78, 5) is 17.9. The van der Waals surface area contributed by atoms with Gasteiger partial charge < -0.3 is 14.8 Å². The fourth-order valence-electron chi connectivity index (χ4n) is 2.85. The Morgan fingerprint density at radius 1 is 1.26 bits per heavy atom. The Bertz CT molecular complexity index is 725. The Hall–Kier alpha value is -2.12. The van der Waals surface area contributed by atoms with Crippen molar-refractivity contribution >= 4 is 22.4 Å². The standard InChI is InChI=1S/C16H17N3O3S/c20-15(11-1-2-12-13(7-11)22-9-21-12)19-16-18-8-14(23-16)10-3-5-17-6-4-10/h1-2,7-8,10,17H,3-6,9H2,(H,18,19,20). The van der Waals surface area contributed by atoms with Crippen LogP contribution in [-0.4, -0.2) is 30.8 Å². The molecule has 23 heavy (non-hydrogen) atoms. The number of ether oxygens (including phenoxy) is 2. The maximum absolute atomic E-state index is 12.3. The molecule has 3 heterocycles. The van der Waals surface area contributed by atoms with Crippen LogP contribution in [0.3, 0.4) is 0 Å². The molecule has 0 atom stereocenters. The van der Waals surface area contributed by atoms with E-state index in [9.17, 15) is 4.79 Å². The largest absolute Gasteiger partial charge is 0.454 e. The molecular weight excluding hydrogens is 314 g/mol. The zero-order valence-electron chi connectivity index (χ0n) is 12.5. The number of anilines is 1. The van der Waals surface area contributed by atoms with Crippen molar-refractivity contribution in [3.05, 3.63) is 34.8 Å². The summed E-state index contributed by atoms with van der Waals surface area (Å²) < 4.78 is 10.6. The van der Waals surface area contributed by atoms with Crippen LogP contribution >= 0.6 is 11.3 Å². The molecule has 0 saturated carbocycles. The molecule has 1 aromatic heterocycles. The lowest BCUT2D eigenvalue weighted by atomic mass is 9.97. The van der Waals surface area contributed by atoms with Gasteiger partial charge in [0.25, 0.3) is 5.91 Å². The van der Waals surface area contributed by atoms with Gasteiger partial charge in [-0.1, -0.05) is 0 Å². The van der Waals surface area contributed by atoms with Gasteiger partial charge in [0.05, 0.1) is 0 Å². The van der Waals surface area contributed by atoms with Crippen molar-refractivity contribution < 1.29 is 14.3 Å². The van der Waals surface area contributed by atoms with Crippen LogP contribution in [0.25, 0.3) is 0 Å². The molecule has 6 nitrogen and oxygen atoms in total. The average molecular weight is 331 g/mol. The van der Waals surface area contributed by atoms with E-state index >= 15 is 0 Å². The smallest absolute Gasteiger partial charge is 0.257 e. The molecule has 0 unspecified atom stereocenters. The third kappa shape index (κ3) is 3.02. The summed E-state index contributed by atoms with van der Waals surface area (Å²) in [5.74, 6) is 1.63. The summed E-state index contributed by atoms with van der Waals surface area (Å²) in [6.07, 6.45) is 4.13. The maximum atomic E-state index is 12.3. The van der Waals surface area contributed by atoms with Crippen LogP contribution in [0.1, 0.15) is 34.0 Å². The quantitative estimate of drug-likeness (QED) is 0.904. The highest BCUT2D eigenvalue weighted by Gasteiger charge is 2.20. The number of thiazole rings is 1. The monoisotopic (exact) mass is 331 g/mol. The van der Waals surface area contributed by atoms with E-state index in [2.05, 4.69) is 15.6 Å². The molecule has 0 radical (unpaired) electrons. The van der Waals surface area contributed by atoms with Crippen molar-refractivity contribution in [2.24, 2.45) is 0 Å². The lowest BCUT2D eigenvalue weighted by Gasteiger charge is -2.20. The second-order valence-corrected chi connectivity index (χ2v) is 6.68. The summed E-state index contributed by atoms with van der Waals surface area (Å²) in [5.41, 5.74) is 0.535. The molecule has 0 spiro atoms. The summed E-state index contributed by atoms with van der Waals surface area (Å²) in [6.45, 7) is 2.29. The number of hydrogen-bond acceptors (Lipinski definition) is 6. The van der Waals surface area contributed by atoms with Gasteiger partial charge in [-0.2, -0.15) is 0 Å². The van der Waals surface area contributed by atoms with Gasteiger partial charge in [0.15, 0.2) is 16.6 Å². The van der Waals surface area contributed by atoms with Crippen molar-refractivity contribution in [2.75, 3.05) is 25.2 Å². The van der Waals surface area contributed by atoms with Gasteiger partial charge >= 0.3 is 0 Å². The number of nitrogens with one attached hydrogen (secondary N) is 2. The summed E-state index contributed by atoms with van der Waals surface area (Å²) >= 11 is 1.56. The maximum Gasteiger partial charge on any atom is 0.257 e. The van der Waals surface area contributed by atoms with E-state index in [1.165, 1.54) is 4.88 Å². The number of aromatic nitrogens is 1. The number of amides is 1. The van der Waals surface area contributed by atoms with Crippen molar-refractivity contribution in [1.82, 2.24) is 10.3 Å². The molecular formula is C16H17N3O3S. The SMILES string of the molecule is O=C(Nc1ncc(C2CCNCC2)s1)c1ccc2c(c1)OCO2. The molecule has 0 bridgehead atoms. The first-order valence-corrected chi connectivity index (χ1v) is 8.49. The van der Waals surface area contributed by atoms with E-state index in [0.717, 1.165) is 25.9 Å². The van der Waals surface area contributed by atoms with Gasteiger partial charge in [-0.25, -0.2) is 4.98 Å². The third-order valence-corrected chi connectivity index (χ3v) is 5.20. The number of nitrogens with zero attached hydrogens (tertiary/aromatic N) is 1. The number of piperidine rings is 1. The minimum atomic E-state index is -0.186. The zero-order chi connectivity index (χ0) is 15.6. The Balaban J connectivity index is 1.45. The van der Waals surface area contributed by atoms with Crippen molar-refractivity contribution in [1.29, 1.82) is 0 Å². The lowest BCUT2D eigenvalue weighted by molar-refractivity contribution is 0.102. The van der Waals surface area contributed by atoms with Crippen molar-refractivity contribution in [2.45, 2.75) is 18.8 Å². The van der Waals surface area contributed by atoms with E-state index < -0.39 is 0 Å². The average Bonchev–Trinajstić information content (AvgIpc) is 3.24. The number of benzene rings is 1. The van der Waals surface area contributed by atoms with Crippen LogP contribution in [0, 0.1) is 0 Å². The van der Waals surface area contributed by atoms with Crippen LogP contribution in [0.5, 0.6) is 11.5 Å². The minimum Gasteiger partial charge on any atom is -0.454 e. The third-order valence-electron chi connectivity index (χ3n) is 4.12. The number of fused-ring (bicyclic) bond motifs is 1. The number of carbonyl (C=O) groups excluding carboxylic acids is 1. The minimum absolute atomic E-state index is 0.186. The van der Waals surface area contributed by atoms with Crippen LogP contribution in [0.4, 0.5) is 5.13 Å². The van der Waals surface area contributed by atoms with E-state index in [1.807, 2.05) is 6.20 Å². The first-order chi connectivity index (χ1) is 11.3. The molecule has 1 fully saturated rings. The molecule has 2 aliphatic heterocycles. The van der Waals surface area contributed by atoms with E-state index in [0.29, 0.717) is 28.1 Å². The number of rotatable bonds is 3. The predicted molar refractivity (Wildman–Crippen MR) is 87.5 cm³/mol. The van der Waals surface area contributed by atoms with Gasteiger partial charge in [0.1, 0.15) is 0 Å². The molecule has 7 heteroatoms. The summed E-state index contributed by atoms with van der Waals surface area (Å²) in [7, 11) is 0.